The monoisotopic (exact) mass is 259 g/mol. The van der Waals surface area contributed by atoms with Crippen molar-refractivity contribution in [3.8, 4) is 0 Å². The minimum Gasteiger partial charge on any atom is -0.461 e. The zero-order chi connectivity index (χ0) is 13.8. The van der Waals surface area contributed by atoms with Gasteiger partial charge in [0.15, 0.2) is 0 Å². The van der Waals surface area contributed by atoms with Crippen LogP contribution in [0.3, 0.4) is 0 Å². The molecule has 1 unspecified atom stereocenters. The van der Waals surface area contributed by atoms with Gasteiger partial charge in [-0.15, -0.1) is 0 Å². The second-order valence-electron chi connectivity index (χ2n) is 5.70. The van der Waals surface area contributed by atoms with Gasteiger partial charge < -0.3 is 9.73 Å². The van der Waals surface area contributed by atoms with Crippen molar-refractivity contribution in [3.05, 3.63) is 35.6 Å². The lowest BCUT2D eigenvalue weighted by Gasteiger charge is -2.21. The van der Waals surface area contributed by atoms with Gasteiger partial charge in [-0.2, -0.15) is 0 Å². The molecule has 19 heavy (non-hydrogen) atoms. The Morgan fingerprint density at radius 2 is 2.00 bits per heavy atom. The molecule has 0 spiro atoms. The van der Waals surface area contributed by atoms with Gasteiger partial charge in [0.1, 0.15) is 11.3 Å². The minimum atomic E-state index is 0.569. The maximum Gasteiger partial charge on any atom is 0.134 e. The Hall–Kier alpha value is -1.28. The highest BCUT2D eigenvalue weighted by Gasteiger charge is 2.13. The lowest BCUT2D eigenvalue weighted by atomic mass is 9.98. The molecule has 0 saturated carbocycles. The molecule has 0 aliphatic heterocycles. The Morgan fingerprint density at radius 3 is 2.68 bits per heavy atom. The van der Waals surface area contributed by atoms with E-state index in [1.807, 2.05) is 0 Å². The Kier molecular flexibility index (Phi) is 4.65. The van der Waals surface area contributed by atoms with E-state index in [2.05, 4.69) is 57.3 Å². The van der Waals surface area contributed by atoms with Crippen molar-refractivity contribution in [2.45, 2.75) is 46.6 Å². The number of benzene rings is 1. The highest BCUT2D eigenvalue weighted by molar-refractivity contribution is 5.78. The highest BCUT2D eigenvalue weighted by Crippen LogP contribution is 2.22. The predicted molar refractivity (Wildman–Crippen MR) is 81.6 cm³/mol. The van der Waals surface area contributed by atoms with Crippen LogP contribution in [-0.2, 0) is 6.42 Å². The van der Waals surface area contributed by atoms with Gasteiger partial charge >= 0.3 is 0 Å². The van der Waals surface area contributed by atoms with Crippen molar-refractivity contribution in [1.29, 1.82) is 0 Å². The zero-order valence-corrected chi connectivity index (χ0v) is 12.5. The van der Waals surface area contributed by atoms with E-state index in [4.69, 9.17) is 4.42 Å². The number of hydrogen-bond donors (Lipinski definition) is 1. The van der Waals surface area contributed by atoms with E-state index >= 15 is 0 Å². The summed E-state index contributed by atoms with van der Waals surface area (Å²) in [7, 11) is 0. The molecule has 0 fully saturated rings. The van der Waals surface area contributed by atoms with Gasteiger partial charge in [-0.25, -0.2) is 0 Å². The Bertz CT molecular complexity index is 527. The summed E-state index contributed by atoms with van der Waals surface area (Å²) in [5.74, 6) is 1.76. The van der Waals surface area contributed by atoms with Crippen molar-refractivity contribution >= 4 is 11.0 Å². The SMILES string of the molecule is CCNC(CCc1cc2cc(C)ccc2o1)C(C)C. The summed E-state index contributed by atoms with van der Waals surface area (Å²) in [6.07, 6.45) is 2.13. The molecular formula is C17H25NO. The van der Waals surface area contributed by atoms with Gasteiger partial charge in [-0.1, -0.05) is 32.4 Å². The van der Waals surface area contributed by atoms with Crippen molar-refractivity contribution < 1.29 is 4.42 Å². The van der Waals surface area contributed by atoms with Crippen LogP contribution in [-0.4, -0.2) is 12.6 Å². The lowest BCUT2D eigenvalue weighted by molar-refractivity contribution is 0.374. The maximum absolute atomic E-state index is 5.90. The molecule has 2 nitrogen and oxygen atoms in total. The molecule has 2 aromatic rings. The third kappa shape index (κ3) is 3.60. The molecule has 2 rings (SSSR count). The van der Waals surface area contributed by atoms with Gasteiger partial charge in [0.2, 0.25) is 0 Å². The van der Waals surface area contributed by atoms with E-state index in [1.54, 1.807) is 0 Å². The van der Waals surface area contributed by atoms with Gasteiger partial charge in [0.05, 0.1) is 0 Å². The van der Waals surface area contributed by atoms with E-state index in [0.29, 0.717) is 12.0 Å². The Morgan fingerprint density at radius 1 is 1.21 bits per heavy atom. The van der Waals surface area contributed by atoms with Crippen molar-refractivity contribution in [1.82, 2.24) is 5.32 Å². The number of furan rings is 1. The molecule has 1 aromatic heterocycles. The molecule has 0 amide bonds. The summed E-state index contributed by atoms with van der Waals surface area (Å²) in [6, 6.07) is 9.11. The lowest BCUT2D eigenvalue weighted by Crippen LogP contribution is -2.34. The van der Waals surface area contributed by atoms with Crippen LogP contribution >= 0.6 is 0 Å². The van der Waals surface area contributed by atoms with Gasteiger partial charge in [0.25, 0.3) is 0 Å². The summed E-state index contributed by atoms with van der Waals surface area (Å²) in [6.45, 7) is 9.86. The average Bonchev–Trinajstić information content (AvgIpc) is 2.75. The molecular weight excluding hydrogens is 234 g/mol. The summed E-state index contributed by atoms with van der Waals surface area (Å²) in [5.41, 5.74) is 2.29. The predicted octanol–water partition coefficient (Wildman–Crippen LogP) is 4.31. The summed E-state index contributed by atoms with van der Waals surface area (Å²) >= 11 is 0. The van der Waals surface area contributed by atoms with Crippen LogP contribution in [0.2, 0.25) is 0 Å². The molecule has 1 aromatic carbocycles. The van der Waals surface area contributed by atoms with Gasteiger partial charge in [-0.3, -0.25) is 0 Å². The number of hydrogen-bond acceptors (Lipinski definition) is 2. The van der Waals surface area contributed by atoms with Crippen molar-refractivity contribution in [2.75, 3.05) is 6.54 Å². The summed E-state index contributed by atoms with van der Waals surface area (Å²) < 4.78 is 5.90. The van der Waals surface area contributed by atoms with E-state index in [9.17, 15) is 0 Å². The number of fused-ring (bicyclic) bond motifs is 1. The largest absolute Gasteiger partial charge is 0.461 e. The molecule has 1 heterocycles. The molecule has 0 saturated heterocycles. The first-order valence-corrected chi connectivity index (χ1v) is 7.32. The Balaban J connectivity index is 2.04. The first-order chi connectivity index (χ1) is 9.10. The zero-order valence-electron chi connectivity index (χ0n) is 12.5. The van der Waals surface area contributed by atoms with Crippen LogP contribution in [0.25, 0.3) is 11.0 Å². The van der Waals surface area contributed by atoms with Crippen LogP contribution in [0, 0.1) is 12.8 Å². The van der Waals surface area contributed by atoms with Crippen LogP contribution in [0.4, 0.5) is 0 Å². The normalized spacial score (nSPS) is 13.3. The maximum atomic E-state index is 5.90. The van der Waals surface area contributed by atoms with Gasteiger partial charge in [-0.05, 0) is 44.0 Å². The molecule has 0 aliphatic carbocycles. The number of nitrogens with one attached hydrogen (secondary N) is 1. The van der Waals surface area contributed by atoms with Crippen LogP contribution in [0.15, 0.2) is 28.7 Å². The fraction of sp³-hybridized carbons (Fsp3) is 0.529. The fourth-order valence-corrected chi connectivity index (χ4v) is 2.57. The molecule has 1 atom stereocenters. The van der Waals surface area contributed by atoms with Crippen LogP contribution in [0.1, 0.15) is 38.5 Å². The highest BCUT2D eigenvalue weighted by atomic mass is 16.3. The molecule has 104 valence electrons. The van der Waals surface area contributed by atoms with Crippen molar-refractivity contribution in [3.63, 3.8) is 0 Å². The first-order valence-electron chi connectivity index (χ1n) is 7.32. The van der Waals surface area contributed by atoms with Crippen molar-refractivity contribution in [2.24, 2.45) is 5.92 Å². The molecule has 0 radical (unpaired) electrons. The molecule has 0 bridgehead atoms. The third-order valence-electron chi connectivity index (χ3n) is 3.70. The molecule has 2 heteroatoms. The molecule has 1 N–H and O–H groups in total. The number of aryl methyl sites for hydroxylation is 2. The van der Waals surface area contributed by atoms with Crippen LogP contribution in [0.5, 0.6) is 0 Å². The second-order valence-corrected chi connectivity index (χ2v) is 5.70. The fourth-order valence-electron chi connectivity index (χ4n) is 2.57. The first kappa shape index (κ1) is 14.1. The average molecular weight is 259 g/mol. The van der Waals surface area contributed by atoms with E-state index < -0.39 is 0 Å². The summed E-state index contributed by atoms with van der Waals surface area (Å²) in [5, 5.41) is 4.78. The Labute approximate surface area is 116 Å². The van der Waals surface area contributed by atoms with Gasteiger partial charge in [0, 0.05) is 17.8 Å². The van der Waals surface area contributed by atoms with E-state index in [1.165, 1.54) is 10.9 Å². The third-order valence-corrected chi connectivity index (χ3v) is 3.70. The standard InChI is InChI=1S/C17H25NO/c1-5-18-16(12(2)3)8-7-15-11-14-10-13(4)6-9-17(14)19-15/h6,9-12,16,18H,5,7-8H2,1-4H3. The molecule has 0 aliphatic rings. The number of rotatable bonds is 6. The van der Waals surface area contributed by atoms with Crippen LogP contribution < -0.4 is 5.32 Å². The summed E-state index contributed by atoms with van der Waals surface area (Å²) in [4.78, 5) is 0. The minimum absolute atomic E-state index is 0.569. The van der Waals surface area contributed by atoms with E-state index in [0.717, 1.165) is 30.7 Å². The second kappa shape index (κ2) is 6.25. The smallest absolute Gasteiger partial charge is 0.134 e. The van der Waals surface area contributed by atoms with E-state index in [-0.39, 0.29) is 0 Å². The topological polar surface area (TPSA) is 25.2 Å². The quantitative estimate of drug-likeness (QED) is 0.836.